The number of aliphatic hydroxyl groups excluding tert-OH is 2. The fraction of sp³-hybridized carbons (Fsp3) is 0.535. The maximum Gasteiger partial charge on any atom is 0.410 e. The van der Waals surface area contributed by atoms with Crippen LogP contribution >= 0.6 is 0 Å². The molecule has 0 aromatic heterocycles. The Morgan fingerprint density at radius 3 is 2.50 bits per heavy atom. The van der Waals surface area contributed by atoms with Gasteiger partial charge >= 0.3 is 6.09 Å². The number of amides is 1. The molecule has 0 radical (unpaired) electrons. The third kappa shape index (κ3) is 9.55. The highest BCUT2D eigenvalue weighted by molar-refractivity contribution is 6.02. The largest absolute Gasteiger partial charge is 0.490 e. The molecule has 1 aliphatic heterocycles. The Labute approximate surface area is 320 Å². The van der Waals surface area contributed by atoms with Gasteiger partial charge < -0.3 is 43.6 Å². The number of ether oxygens (including phenoxy) is 5. The van der Waals surface area contributed by atoms with Crippen LogP contribution in [-0.4, -0.2) is 92.0 Å². The molecule has 2 aromatic carbocycles. The zero-order chi connectivity index (χ0) is 38.3. The number of allylic oxidation sites excluding steroid dienone is 1. The minimum atomic E-state index is -1.35. The van der Waals surface area contributed by atoms with Gasteiger partial charge in [-0.25, -0.2) is 4.79 Å². The average Bonchev–Trinajstić information content (AvgIpc) is 3.19. The first-order chi connectivity index (χ1) is 26.4. The minimum absolute atomic E-state index is 0.0694. The van der Waals surface area contributed by atoms with Gasteiger partial charge in [0.25, 0.3) is 0 Å². The SMILES string of the molecule is C=CCOc1ccc2c(c1)C1C(CCCCO)C(CCCCO)C=C3C(=NOCC)CC(N(C)C(=O)OCCOCc4ccccc4)C(OCC=C)(O2)C31. The number of oxime groups is 1. The summed E-state index contributed by atoms with van der Waals surface area (Å²) in [7, 11) is 1.71. The Balaban J connectivity index is 1.58. The molecule has 0 saturated heterocycles. The molecular formula is C43H58N2O9. The van der Waals surface area contributed by atoms with Crippen molar-refractivity contribution in [2.24, 2.45) is 22.9 Å². The minimum Gasteiger partial charge on any atom is -0.490 e. The highest BCUT2D eigenvalue weighted by Crippen LogP contribution is 2.61. The predicted molar refractivity (Wildman–Crippen MR) is 207 cm³/mol. The van der Waals surface area contributed by atoms with Crippen LogP contribution in [0.15, 0.2) is 90.6 Å². The van der Waals surface area contributed by atoms with Crippen molar-refractivity contribution in [3.63, 3.8) is 0 Å². The van der Waals surface area contributed by atoms with Crippen molar-refractivity contribution in [1.29, 1.82) is 0 Å². The number of fused-ring (bicyclic) bond motifs is 2. The second-order valence-corrected chi connectivity index (χ2v) is 14.1. The van der Waals surface area contributed by atoms with Gasteiger partial charge in [0.2, 0.25) is 5.79 Å². The second kappa shape index (κ2) is 20.5. The van der Waals surface area contributed by atoms with Crippen molar-refractivity contribution in [2.75, 3.05) is 53.3 Å². The highest BCUT2D eigenvalue weighted by atomic mass is 16.7. The first-order valence-electron chi connectivity index (χ1n) is 19.4. The lowest BCUT2D eigenvalue weighted by Crippen LogP contribution is -2.69. The fourth-order valence-electron chi connectivity index (χ4n) is 8.30. The average molecular weight is 747 g/mol. The Bertz CT molecular complexity index is 1580. The van der Waals surface area contributed by atoms with Gasteiger partial charge in [-0.2, -0.15) is 0 Å². The van der Waals surface area contributed by atoms with Crippen molar-refractivity contribution in [3.8, 4) is 11.5 Å². The summed E-state index contributed by atoms with van der Waals surface area (Å²) in [5, 5.41) is 24.2. The molecule has 6 atom stereocenters. The molecule has 2 aromatic rings. The predicted octanol–water partition coefficient (Wildman–Crippen LogP) is 7.19. The van der Waals surface area contributed by atoms with Gasteiger partial charge in [-0.3, -0.25) is 0 Å². The maximum absolute atomic E-state index is 13.9. The summed E-state index contributed by atoms with van der Waals surface area (Å²) in [6.07, 6.45) is 10.3. The van der Waals surface area contributed by atoms with E-state index in [1.807, 2.05) is 49.4 Å². The van der Waals surface area contributed by atoms with E-state index in [0.717, 1.165) is 48.1 Å². The van der Waals surface area contributed by atoms with E-state index in [2.05, 4.69) is 30.5 Å². The zero-order valence-corrected chi connectivity index (χ0v) is 31.9. The van der Waals surface area contributed by atoms with E-state index in [0.29, 0.717) is 44.2 Å². The van der Waals surface area contributed by atoms with Crippen LogP contribution in [0.25, 0.3) is 0 Å². The van der Waals surface area contributed by atoms with E-state index in [4.69, 9.17) is 28.5 Å². The number of carbonyl (C=O) groups is 1. The molecule has 1 amide bonds. The van der Waals surface area contributed by atoms with Gasteiger partial charge in [0.05, 0.1) is 31.5 Å². The Morgan fingerprint density at radius 2 is 1.78 bits per heavy atom. The van der Waals surface area contributed by atoms with Crippen LogP contribution in [0.5, 0.6) is 11.5 Å². The van der Waals surface area contributed by atoms with Crippen LogP contribution in [0.4, 0.5) is 4.79 Å². The smallest absolute Gasteiger partial charge is 0.410 e. The Hall–Kier alpha value is -4.16. The summed E-state index contributed by atoms with van der Waals surface area (Å²) in [5.41, 5.74) is 3.73. The molecule has 3 aliphatic rings. The first kappa shape index (κ1) is 41.0. The molecule has 294 valence electrons. The van der Waals surface area contributed by atoms with E-state index < -0.39 is 23.8 Å². The Morgan fingerprint density at radius 1 is 1.02 bits per heavy atom. The van der Waals surface area contributed by atoms with Gasteiger partial charge in [0, 0.05) is 38.2 Å². The molecule has 0 bridgehead atoms. The molecule has 0 spiro atoms. The van der Waals surface area contributed by atoms with Gasteiger partial charge in [0.1, 0.15) is 37.4 Å². The molecule has 11 heteroatoms. The van der Waals surface area contributed by atoms with E-state index in [1.54, 1.807) is 24.1 Å². The standard InChI is InChI=1S/C43H58N2O9/c1-5-23-50-33-19-20-38-36(28-33)40-34(18-12-14-22-47)32(17-11-13-21-46)27-35-37(44-53-7-3)29-39(43(54-38,41(35)40)52-24-6-2)45(4)42(48)51-26-25-49-30-31-15-9-8-10-16-31/h5-6,8-10,15-16,19-20,27-28,32,34,39-41,46-47H,1-2,7,11-14,17-18,21-26,29-30H2,3-4H3. The molecule has 11 nitrogen and oxygen atoms in total. The van der Waals surface area contributed by atoms with E-state index >= 15 is 0 Å². The van der Waals surface area contributed by atoms with Gasteiger partial charge in [-0.15, -0.1) is 6.58 Å². The number of hydrogen-bond donors (Lipinski definition) is 2. The fourth-order valence-corrected chi connectivity index (χ4v) is 8.30. The van der Waals surface area contributed by atoms with Crippen LogP contribution in [0.1, 0.15) is 68.9 Å². The van der Waals surface area contributed by atoms with Crippen molar-refractivity contribution >= 4 is 11.8 Å². The molecule has 2 N–H and O–H groups in total. The third-order valence-electron chi connectivity index (χ3n) is 10.6. The van der Waals surface area contributed by atoms with Crippen LogP contribution in [0.2, 0.25) is 0 Å². The monoisotopic (exact) mass is 746 g/mol. The van der Waals surface area contributed by atoms with Gasteiger partial charge in [0.15, 0.2) is 0 Å². The zero-order valence-electron chi connectivity index (χ0n) is 31.9. The molecule has 1 fully saturated rings. The topological polar surface area (TPSA) is 129 Å². The number of likely N-dealkylation sites (N-methyl/N-ethyl adjacent to an activating group) is 1. The van der Waals surface area contributed by atoms with Gasteiger partial charge in [-0.05, 0) is 73.8 Å². The summed E-state index contributed by atoms with van der Waals surface area (Å²) in [4.78, 5) is 21.2. The Kier molecular flexibility index (Phi) is 15.6. The number of nitrogens with zero attached hydrogens (tertiary/aromatic N) is 2. The van der Waals surface area contributed by atoms with Crippen molar-refractivity contribution in [3.05, 3.63) is 96.6 Å². The number of carbonyl (C=O) groups excluding carboxylic acids is 1. The second-order valence-electron chi connectivity index (χ2n) is 14.1. The number of benzene rings is 2. The van der Waals surface area contributed by atoms with Crippen LogP contribution in [0.3, 0.4) is 0 Å². The number of rotatable bonds is 22. The highest BCUT2D eigenvalue weighted by Gasteiger charge is 2.65. The molecule has 6 unspecified atom stereocenters. The lowest BCUT2D eigenvalue weighted by molar-refractivity contribution is -0.253. The summed E-state index contributed by atoms with van der Waals surface area (Å²) in [6.45, 7) is 11.5. The molecule has 2 aliphatic carbocycles. The summed E-state index contributed by atoms with van der Waals surface area (Å²) < 4.78 is 31.6. The molecule has 5 rings (SSSR count). The number of hydrogen-bond acceptors (Lipinski definition) is 10. The quantitative estimate of drug-likeness (QED) is 0.0731. The summed E-state index contributed by atoms with van der Waals surface area (Å²) in [6, 6.07) is 15.0. The maximum atomic E-state index is 13.9. The van der Waals surface area contributed by atoms with Crippen molar-refractivity contribution < 1.29 is 43.5 Å². The van der Waals surface area contributed by atoms with E-state index in [9.17, 15) is 15.0 Å². The van der Waals surface area contributed by atoms with Crippen LogP contribution < -0.4 is 9.47 Å². The van der Waals surface area contributed by atoms with Crippen molar-refractivity contribution in [2.45, 2.75) is 76.2 Å². The van der Waals surface area contributed by atoms with Gasteiger partial charge in [-0.1, -0.05) is 73.1 Å². The van der Waals surface area contributed by atoms with Crippen LogP contribution in [0, 0.1) is 17.8 Å². The lowest BCUT2D eigenvalue weighted by atomic mass is 9.55. The number of unbranched alkanes of at least 4 members (excludes halogenated alkanes) is 2. The molecule has 1 heterocycles. The van der Waals surface area contributed by atoms with E-state index in [1.165, 1.54) is 0 Å². The van der Waals surface area contributed by atoms with Crippen LogP contribution in [-0.2, 0) is 25.7 Å². The lowest BCUT2D eigenvalue weighted by Gasteiger charge is -2.59. The molecular weight excluding hydrogens is 688 g/mol. The third-order valence-corrected chi connectivity index (χ3v) is 10.6. The number of aliphatic hydroxyl groups is 2. The summed E-state index contributed by atoms with van der Waals surface area (Å²) >= 11 is 0. The van der Waals surface area contributed by atoms with E-state index in [-0.39, 0.29) is 57.2 Å². The first-order valence-corrected chi connectivity index (χ1v) is 19.4. The normalized spacial score (nSPS) is 24.7. The summed E-state index contributed by atoms with van der Waals surface area (Å²) in [5.74, 6) is -0.308. The van der Waals surface area contributed by atoms with Crippen molar-refractivity contribution in [1.82, 2.24) is 4.90 Å². The molecule has 1 saturated carbocycles. The molecule has 54 heavy (non-hydrogen) atoms.